The monoisotopic (exact) mass is 263 g/mol. The summed E-state index contributed by atoms with van der Waals surface area (Å²) in [5, 5.41) is 2.75. The summed E-state index contributed by atoms with van der Waals surface area (Å²) in [7, 11) is 3.37. The van der Waals surface area contributed by atoms with Crippen LogP contribution in [0.25, 0.3) is 0 Å². The molecule has 0 aliphatic rings. The van der Waals surface area contributed by atoms with Gasteiger partial charge >= 0.3 is 0 Å². The summed E-state index contributed by atoms with van der Waals surface area (Å²) in [6, 6.07) is 5.21. The number of nitrogens with zero attached hydrogens (tertiary/aromatic N) is 1. The van der Waals surface area contributed by atoms with Crippen LogP contribution in [0.3, 0.4) is 0 Å². The molecule has 0 aliphatic heterocycles. The van der Waals surface area contributed by atoms with Gasteiger partial charge in [-0.1, -0.05) is 6.07 Å². The molecule has 19 heavy (non-hydrogen) atoms. The first-order valence-corrected chi connectivity index (χ1v) is 6.05. The van der Waals surface area contributed by atoms with Gasteiger partial charge in [-0.15, -0.1) is 0 Å². The van der Waals surface area contributed by atoms with Crippen molar-refractivity contribution in [1.29, 1.82) is 0 Å². The van der Waals surface area contributed by atoms with E-state index < -0.39 is 5.54 Å². The Hall–Kier alpha value is -1.88. The van der Waals surface area contributed by atoms with E-state index in [-0.39, 0.29) is 11.8 Å². The number of nitrogens with one attached hydrogen (secondary N) is 1. The van der Waals surface area contributed by atoms with Crippen molar-refractivity contribution in [2.45, 2.75) is 26.3 Å². The molecule has 0 bridgehead atoms. The highest BCUT2D eigenvalue weighted by atomic mass is 16.2. The van der Waals surface area contributed by atoms with Gasteiger partial charge in [0.2, 0.25) is 5.91 Å². The quantitative estimate of drug-likeness (QED) is 0.865. The minimum atomic E-state index is -0.964. The van der Waals surface area contributed by atoms with Crippen molar-refractivity contribution in [2.24, 2.45) is 5.73 Å². The minimum Gasteiger partial charge on any atom is -0.345 e. The average molecular weight is 263 g/mol. The lowest BCUT2D eigenvalue weighted by molar-refractivity contribution is -0.120. The summed E-state index contributed by atoms with van der Waals surface area (Å²) in [5.74, 6) is -0.396. The molecule has 5 nitrogen and oxygen atoms in total. The number of aryl methyl sites for hydroxylation is 1. The number of hydrogen-bond acceptors (Lipinski definition) is 3. The summed E-state index contributed by atoms with van der Waals surface area (Å²) in [5.41, 5.74) is 6.79. The van der Waals surface area contributed by atoms with E-state index in [4.69, 9.17) is 5.73 Å². The van der Waals surface area contributed by atoms with Crippen LogP contribution in [0.4, 0.5) is 5.69 Å². The molecule has 104 valence electrons. The van der Waals surface area contributed by atoms with E-state index in [1.165, 1.54) is 4.90 Å². The molecule has 2 amide bonds. The summed E-state index contributed by atoms with van der Waals surface area (Å²) < 4.78 is 0. The third kappa shape index (κ3) is 3.79. The van der Waals surface area contributed by atoms with Gasteiger partial charge in [0.15, 0.2) is 0 Å². The number of anilines is 1. The van der Waals surface area contributed by atoms with Crippen LogP contribution in [-0.2, 0) is 4.79 Å². The Labute approximate surface area is 113 Å². The molecule has 0 saturated carbocycles. The predicted octanol–water partition coefficient (Wildman–Crippen LogP) is 1.37. The van der Waals surface area contributed by atoms with Crippen LogP contribution in [0.15, 0.2) is 18.2 Å². The fraction of sp³-hybridized carbons (Fsp3) is 0.429. The second-order valence-corrected chi connectivity index (χ2v) is 5.41. The maximum Gasteiger partial charge on any atom is 0.253 e. The summed E-state index contributed by atoms with van der Waals surface area (Å²) in [6.07, 6.45) is 0. The fourth-order valence-electron chi connectivity index (χ4n) is 1.43. The van der Waals surface area contributed by atoms with Crippen molar-refractivity contribution in [3.63, 3.8) is 0 Å². The van der Waals surface area contributed by atoms with Crippen LogP contribution in [0.1, 0.15) is 29.8 Å². The number of amides is 2. The molecule has 0 spiro atoms. The first-order chi connectivity index (χ1) is 8.62. The van der Waals surface area contributed by atoms with Crippen LogP contribution in [0, 0.1) is 6.92 Å². The maximum absolute atomic E-state index is 11.9. The van der Waals surface area contributed by atoms with Gasteiger partial charge in [-0.2, -0.15) is 0 Å². The van der Waals surface area contributed by atoms with Crippen molar-refractivity contribution in [2.75, 3.05) is 19.4 Å². The number of nitrogens with two attached hydrogens (primary N) is 1. The molecule has 0 aromatic heterocycles. The number of hydrogen-bond donors (Lipinski definition) is 2. The summed E-state index contributed by atoms with van der Waals surface area (Å²) >= 11 is 0. The first kappa shape index (κ1) is 15.2. The van der Waals surface area contributed by atoms with Crippen LogP contribution in [-0.4, -0.2) is 36.3 Å². The Morgan fingerprint density at radius 1 is 1.26 bits per heavy atom. The lowest BCUT2D eigenvalue weighted by Gasteiger charge is -2.19. The van der Waals surface area contributed by atoms with Crippen LogP contribution in [0.5, 0.6) is 0 Å². The topological polar surface area (TPSA) is 75.4 Å². The highest BCUT2D eigenvalue weighted by Crippen LogP contribution is 2.19. The molecule has 1 rings (SSSR count). The zero-order valence-electron chi connectivity index (χ0n) is 12.1. The van der Waals surface area contributed by atoms with E-state index in [2.05, 4.69) is 5.32 Å². The van der Waals surface area contributed by atoms with Gasteiger partial charge in [0.05, 0.1) is 5.54 Å². The molecule has 0 aliphatic carbocycles. The highest BCUT2D eigenvalue weighted by molar-refractivity contribution is 6.00. The van der Waals surface area contributed by atoms with Gasteiger partial charge in [0.1, 0.15) is 0 Å². The van der Waals surface area contributed by atoms with Gasteiger partial charge in [-0.05, 0) is 38.5 Å². The largest absolute Gasteiger partial charge is 0.345 e. The Balaban J connectivity index is 3.05. The molecular weight excluding hydrogens is 242 g/mol. The molecule has 0 fully saturated rings. The van der Waals surface area contributed by atoms with Crippen LogP contribution in [0.2, 0.25) is 0 Å². The summed E-state index contributed by atoms with van der Waals surface area (Å²) in [6.45, 7) is 5.13. The average Bonchev–Trinajstić information content (AvgIpc) is 2.29. The lowest BCUT2D eigenvalue weighted by Crippen LogP contribution is -2.45. The van der Waals surface area contributed by atoms with Gasteiger partial charge in [-0.3, -0.25) is 9.59 Å². The van der Waals surface area contributed by atoms with Gasteiger partial charge in [0, 0.05) is 25.3 Å². The second-order valence-electron chi connectivity index (χ2n) is 5.41. The zero-order valence-corrected chi connectivity index (χ0v) is 12.1. The fourth-order valence-corrected chi connectivity index (χ4v) is 1.43. The SMILES string of the molecule is Cc1ccc(C(=O)N(C)C)cc1NC(=O)C(C)(C)N. The Kier molecular flexibility index (Phi) is 4.32. The smallest absolute Gasteiger partial charge is 0.253 e. The van der Waals surface area contributed by atoms with E-state index >= 15 is 0 Å². The van der Waals surface area contributed by atoms with E-state index in [0.29, 0.717) is 11.3 Å². The minimum absolute atomic E-state index is 0.109. The van der Waals surface area contributed by atoms with Gasteiger partial charge in [-0.25, -0.2) is 0 Å². The number of benzene rings is 1. The third-order valence-electron chi connectivity index (χ3n) is 2.72. The van der Waals surface area contributed by atoms with Crippen LogP contribution >= 0.6 is 0 Å². The van der Waals surface area contributed by atoms with Crippen molar-refractivity contribution in [3.8, 4) is 0 Å². The number of rotatable bonds is 3. The van der Waals surface area contributed by atoms with Crippen molar-refractivity contribution >= 4 is 17.5 Å². The lowest BCUT2D eigenvalue weighted by atomic mass is 10.0. The zero-order chi connectivity index (χ0) is 14.8. The van der Waals surface area contributed by atoms with Crippen molar-refractivity contribution < 1.29 is 9.59 Å². The predicted molar refractivity (Wildman–Crippen MR) is 76.1 cm³/mol. The Morgan fingerprint density at radius 2 is 1.84 bits per heavy atom. The Morgan fingerprint density at radius 3 is 2.32 bits per heavy atom. The molecule has 0 unspecified atom stereocenters. The molecule has 0 heterocycles. The molecule has 0 saturated heterocycles. The van der Waals surface area contributed by atoms with Gasteiger partial charge in [0.25, 0.3) is 5.91 Å². The van der Waals surface area contributed by atoms with E-state index in [0.717, 1.165) is 5.56 Å². The second kappa shape index (κ2) is 5.40. The molecule has 5 heteroatoms. The molecule has 0 radical (unpaired) electrons. The van der Waals surface area contributed by atoms with E-state index in [1.54, 1.807) is 46.1 Å². The first-order valence-electron chi connectivity index (χ1n) is 6.05. The van der Waals surface area contributed by atoms with Crippen molar-refractivity contribution in [3.05, 3.63) is 29.3 Å². The normalized spacial score (nSPS) is 11.1. The maximum atomic E-state index is 11.9. The third-order valence-corrected chi connectivity index (χ3v) is 2.72. The summed E-state index contributed by atoms with van der Waals surface area (Å²) in [4.78, 5) is 25.2. The molecule has 0 atom stereocenters. The number of carbonyl (C=O) groups is 2. The van der Waals surface area contributed by atoms with Crippen LogP contribution < -0.4 is 11.1 Å². The van der Waals surface area contributed by atoms with E-state index in [9.17, 15) is 9.59 Å². The van der Waals surface area contributed by atoms with E-state index in [1.807, 2.05) is 6.92 Å². The molecule has 1 aromatic carbocycles. The molecular formula is C14H21N3O2. The molecule has 1 aromatic rings. The Bertz CT molecular complexity index is 502. The number of carbonyl (C=O) groups excluding carboxylic acids is 2. The van der Waals surface area contributed by atoms with Gasteiger partial charge < -0.3 is 16.0 Å². The molecule has 3 N–H and O–H groups in total. The van der Waals surface area contributed by atoms with Crippen molar-refractivity contribution in [1.82, 2.24) is 4.90 Å². The standard InChI is InChI=1S/C14H21N3O2/c1-9-6-7-10(12(18)17(4)5)8-11(9)16-13(19)14(2,3)15/h6-8H,15H2,1-5H3,(H,16,19). The highest BCUT2D eigenvalue weighted by Gasteiger charge is 2.22.